The number of amides is 1. The van der Waals surface area contributed by atoms with Crippen LogP contribution in [0.4, 0.5) is 0 Å². The zero-order valence-corrected chi connectivity index (χ0v) is 17.4. The molecule has 0 spiro atoms. The van der Waals surface area contributed by atoms with E-state index in [0.717, 1.165) is 10.9 Å². The second kappa shape index (κ2) is 9.36. The number of carbonyl (C=O) groups excluding carboxylic acids is 1. The number of aliphatic imine (C=N–C) groups is 1. The maximum absolute atomic E-state index is 12.4. The van der Waals surface area contributed by atoms with Crippen molar-refractivity contribution < 1.29 is 13.2 Å². The van der Waals surface area contributed by atoms with Gasteiger partial charge < -0.3 is 15.5 Å². The average molecular weight is 445 g/mol. The predicted molar refractivity (Wildman–Crippen MR) is 106 cm³/mol. The van der Waals surface area contributed by atoms with Crippen LogP contribution in [0.1, 0.15) is 19.8 Å². The molecule has 1 amide bonds. The Labute approximate surface area is 163 Å². The van der Waals surface area contributed by atoms with Gasteiger partial charge in [0, 0.05) is 37.1 Å². The third kappa shape index (κ3) is 5.98. The van der Waals surface area contributed by atoms with Gasteiger partial charge in [0.1, 0.15) is 0 Å². The van der Waals surface area contributed by atoms with Crippen LogP contribution >= 0.6 is 15.9 Å². The second-order valence-corrected chi connectivity index (χ2v) is 9.21. The maximum Gasteiger partial charge on any atom is 0.222 e. The topological polar surface area (TPSA) is 90.9 Å². The molecular formula is C17H25BrN4O3S. The minimum Gasteiger partial charge on any atom is -0.357 e. The molecule has 1 aliphatic heterocycles. The number of guanidine groups is 1. The lowest BCUT2D eigenvalue weighted by Gasteiger charge is -2.31. The van der Waals surface area contributed by atoms with E-state index in [4.69, 9.17) is 0 Å². The summed E-state index contributed by atoms with van der Waals surface area (Å²) >= 11 is 3.30. The summed E-state index contributed by atoms with van der Waals surface area (Å²) in [5, 5.41) is 6.41. The Morgan fingerprint density at radius 3 is 2.65 bits per heavy atom. The normalized spacial score (nSPS) is 18.7. The molecule has 1 fully saturated rings. The number of hydrogen-bond donors (Lipinski definition) is 2. The Morgan fingerprint density at radius 2 is 2.04 bits per heavy atom. The highest BCUT2D eigenvalue weighted by molar-refractivity contribution is 9.10. The molecule has 26 heavy (non-hydrogen) atoms. The zero-order valence-electron chi connectivity index (χ0n) is 15.0. The van der Waals surface area contributed by atoms with E-state index in [0.29, 0.717) is 30.4 Å². The van der Waals surface area contributed by atoms with Crippen molar-refractivity contribution in [2.75, 3.05) is 32.4 Å². The Bertz CT molecular complexity index is 750. The minimum atomic E-state index is -3.37. The number of piperidine rings is 1. The molecule has 1 aromatic carbocycles. The molecule has 7 nitrogen and oxygen atoms in total. The first-order valence-corrected chi connectivity index (χ1v) is 11.0. The van der Waals surface area contributed by atoms with Gasteiger partial charge in [-0.2, -0.15) is 0 Å². The number of carbonyl (C=O) groups is 1. The van der Waals surface area contributed by atoms with Crippen LogP contribution in [0, 0.1) is 0 Å². The van der Waals surface area contributed by atoms with E-state index in [1.165, 1.54) is 0 Å². The fourth-order valence-electron chi connectivity index (χ4n) is 2.68. The molecule has 0 radical (unpaired) electrons. The number of nitrogens with one attached hydrogen (secondary N) is 2. The summed E-state index contributed by atoms with van der Waals surface area (Å²) in [4.78, 5) is 17.9. The molecule has 0 aliphatic carbocycles. The molecule has 9 heteroatoms. The molecule has 2 N–H and O–H groups in total. The first-order chi connectivity index (χ1) is 12.3. The summed E-state index contributed by atoms with van der Waals surface area (Å²) in [6.45, 7) is 3.40. The number of sulfone groups is 1. The fraction of sp³-hybridized carbons (Fsp3) is 0.529. The Hall–Kier alpha value is -1.61. The molecule has 1 saturated heterocycles. The number of likely N-dealkylation sites (tertiary alicyclic amines) is 1. The number of nitrogens with zero attached hydrogens (tertiary/aromatic N) is 2. The van der Waals surface area contributed by atoms with Crippen molar-refractivity contribution in [1.29, 1.82) is 0 Å². The van der Waals surface area contributed by atoms with E-state index >= 15 is 0 Å². The average Bonchev–Trinajstić information content (AvgIpc) is 2.58. The van der Waals surface area contributed by atoms with Gasteiger partial charge in [-0.3, -0.25) is 9.79 Å². The zero-order chi connectivity index (χ0) is 19.2. The van der Waals surface area contributed by atoms with Crippen LogP contribution in [-0.2, 0) is 14.6 Å². The van der Waals surface area contributed by atoms with Crippen molar-refractivity contribution in [2.45, 2.75) is 30.7 Å². The van der Waals surface area contributed by atoms with Crippen LogP contribution in [-0.4, -0.2) is 63.7 Å². The summed E-state index contributed by atoms with van der Waals surface area (Å²) in [6.07, 6.45) is 1.25. The van der Waals surface area contributed by atoms with Gasteiger partial charge in [0.25, 0.3) is 0 Å². The summed E-state index contributed by atoms with van der Waals surface area (Å²) in [5.74, 6) is 0.658. The van der Waals surface area contributed by atoms with Crippen molar-refractivity contribution in [3.05, 3.63) is 28.7 Å². The van der Waals surface area contributed by atoms with E-state index in [1.54, 1.807) is 36.2 Å². The predicted octanol–water partition coefficient (Wildman–Crippen LogP) is 1.40. The number of halogens is 1. The van der Waals surface area contributed by atoms with Crippen molar-refractivity contribution >= 4 is 37.6 Å². The van der Waals surface area contributed by atoms with E-state index in [-0.39, 0.29) is 24.2 Å². The first-order valence-electron chi connectivity index (χ1n) is 8.59. The molecule has 0 bridgehead atoms. The SMILES string of the molecule is CCNC(=NCCS(=O)(=O)c1ccc(Br)cc1)NC1CCC(=O)N(C)C1. The van der Waals surface area contributed by atoms with E-state index < -0.39 is 9.84 Å². The lowest BCUT2D eigenvalue weighted by atomic mass is 10.1. The smallest absolute Gasteiger partial charge is 0.222 e. The standard InChI is InChI=1S/C17H25BrN4O3S/c1-3-19-17(21-14-6-9-16(23)22(2)12-14)20-10-11-26(24,25)15-7-4-13(18)5-8-15/h4-5,7-8,14H,3,6,9-12H2,1-2H3,(H2,19,20,21). The van der Waals surface area contributed by atoms with Gasteiger partial charge in [-0.05, 0) is 37.6 Å². The van der Waals surface area contributed by atoms with Gasteiger partial charge in [-0.1, -0.05) is 15.9 Å². The highest BCUT2D eigenvalue weighted by Crippen LogP contribution is 2.16. The fourth-order valence-corrected chi connectivity index (χ4v) is 4.06. The summed E-state index contributed by atoms with van der Waals surface area (Å²) < 4.78 is 25.6. The molecule has 1 unspecified atom stereocenters. The van der Waals surface area contributed by atoms with Gasteiger partial charge in [0.15, 0.2) is 15.8 Å². The van der Waals surface area contributed by atoms with Crippen molar-refractivity contribution in [1.82, 2.24) is 15.5 Å². The number of benzene rings is 1. The molecule has 1 aliphatic rings. The van der Waals surface area contributed by atoms with Gasteiger partial charge in [0.2, 0.25) is 5.91 Å². The molecule has 0 aromatic heterocycles. The van der Waals surface area contributed by atoms with Gasteiger partial charge in [-0.25, -0.2) is 8.42 Å². The Morgan fingerprint density at radius 1 is 1.35 bits per heavy atom. The maximum atomic E-state index is 12.4. The molecule has 144 valence electrons. The van der Waals surface area contributed by atoms with Gasteiger partial charge in [0.05, 0.1) is 17.2 Å². The summed E-state index contributed by atoms with van der Waals surface area (Å²) in [5.41, 5.74) is 0. The number of hydrogen-bond acceptors (Lipinski definition) is 4. The lowest BCUT2D eigenvalue weighted by Crippen LogP contribution is -2.51. The summed E-state index contributed by atoms with van der Waals surface area (Å²) in [6, 6.07) is 6.70. The highest BCUT2D eigenvalue weighted by atomic mass is 79.9. The van der Waals surface area contributed by atoms with E-state index in [1.807, 2.05) is 6.92 Å². The molecule has 0 saturated carbocycles. The van der Waals surface area contributed by atoms with Gasteiger partial charge in [-0.15, -0.1) is 0 Å². The highest BCUT2D eigenvalue weighted by Gasteiger charge is 2.23. The lowest BCUT2D eigenvalue weighted by molar-refractivity contribution is -0.132. The molecular weight excluding hydrogens is 420 g/mol. The monoisotopic (exact) mass is 444 g/mol. The van der Waals surface area contributed by atoms with Gasteiger partial charge >= 0.3 is 0 Å². The van der Waals surface area contributed by atoms with Crippen LogP contribution in [0.5, 0.6) is 0 Å². The van der Waals surface area contributed by atoms with Crippen molar-refractivity contribution in [2.24, 2.45) is 4.99 Å². The first kappa shape index (κ1) is 20.7. The quantitative estimate of drug-likeness (QED) is 0.510. The van der Waals surface area contributed by atoms with Crippen LogP contribution in [0.25, 0.3) is 0 Å². The largest absolute Gasteiger partial charge is 0.357 e. The summed E-state index contributed by atoms with van der Waals surface area (Å²) in [7, 11) is -1.59. The molecule has 1 aromatic rings. The Kier molecular flexibility index (Phi) is 7.45. The van der Waals surface area contributed by atoms with E-state index in [2.05, 4.69) is 31.6 Å². The Balaban J connectivity index is 1.96. The number of rotatable bonds is 6. The number of likely N-dealkylation sites (N-methyl/N-ethyl adjacent to an activating group) is 1. The minimum absolute atomic E-state index is 0.0612. The molecule has 1 atom stereocenters. The van der Waals surface area contributed by atoms with Crippen LogP contribution in [0.2, 0.25) is 0 Å². The third-order valence-electron chi connectivity index (χ3n) is 4.11. The molecule has 1 heterocycles. The van der Waals surface area contributed by atoms with Crippen LogP contribution < -0.4 is 10.6 Å². The second-order valence-electron chi connectivity index (χ2n) is 6.19. The van der Waals surface area contributed by atoms with E-state index in [9.17, 15) is 13.2 Å². The van der Waals surface area contributed by atoms with Crippen molar-refractivity contribution in [3.63, 3.8) is 0 Å². The van der Waals surface area contributed by atoms with Crippen LogP contribution in [0.3, 0.4) is 0 Å². The van der Waals surface area contributed by atoms with Crippen molar-refractivity contribution in [3.8, 4) is 0 Å². The molecule has 2 rings (SSSR count). The van der Waals surface area contributed by atoms with Crippen LogP contribution in [0.15, 0.2) is 38.6 Å². The third-order valence-corrected chi connectivity index (χ3v) is 6.35.